The molecule has 0 heterocycles. The summed E-state index contributed by atoms with van der Waals surface area (Å²) in [5.74, 6) is -0.589. The van der Waals surface area contributed by atoms with Crippen molar-refractivity contribution in [2.24, 2.45) is 5.73 Å². The quantitative estimate of drug-likeness (QED) is 0.650. The van der Waals surface area contributed by atoms with Gasteiger partial charge in [-0.2, -0.15) is 13.2 Å². The number of halogens is 3. The molecule has 0 atom stereocenters. The predicted octanol–water partition coefficient (Wildman–Crippen LogP) is 4.45. The topological polar surface area (TPSA) is 49.9 Å². The van der Waals surface area contributed by atoms with Crippen molar-refractivity contribution in [2.45, 2.75) is 22.9 Å². The average Bonchev–Trinajstić information content (AvgIpc) is 2.37. The molecule has 21 heavy (non-hydrogen) atoms. The summed E-state index contributed by atoms with van der Waals surface area (Å²) in [5, 5.41) is 7.34. The molecular weight excluding hydrogens is 297 g/mol. The molecular formula is C15H13F3N2S. The molecule has 0 spiro atoms. The van der Waals surface area contributed by atoms with Crippen LogP contribution in [0.2, 0.25) is 0 Å². The lowest BCUT2D eigenvalue weighted by Crippen LogP contribution is -2.18. The van der Waals surface area contributed by atoms with E-state index in [0.29, 0.717) is 4.90 Å². The highest BCUT2D eigenvalue weighted by molar-refractivity contribution is 7.99. The molecule has 0 aliphatic carbocycles. The standard InChI is InChI=1S/C15H13F3N2S/c1-9-3-2-4-10(7-9)21-11-5-6-13(15(16,17)18)12(8-11)14(19)20/h2-8H,1H3,(H3,19,20). The van der Waals surface area contributed by atoms with Crippen molar-refractivity contribution >= 4 is 17.6 Å². The van der Waals surface area contributed by atoms with E-state index in [-0.39, 0.29) is 5.56 Å². The molecule has 0 aliphatic heterocycles. The zero-order valence-electron chi connectivity index (χ0n) is 11.2. The van der Waals surface area contributed by atoms with Crippen LogP contribution in [0.5, 0.6) is 0 Å². The summed E-state index contributed by atoms with van der Waals surface area (Å²) in [6.07, 6.45) is -4.52. The number of benzene rings is 2. The first-order chi connectivity index (χ1) is 9.77. The number of nitrogen functional groups attached to an aromatic ring is 1. The summed E-state index contributed by atoms with van der Waals surface area (Å²) >= 11 is 1.33. The number of hydrogen-bond acceptors (Lipinski definition) is 2. The summed E-state index contributed by atoms with van der Waals surface area (Å²) in [7, 11) is 0. The van der Waals surface area contributed by atoms with E-state index in [1.54, 1.807) is 0 Å². The number of nitrogens with one attached hydrogen (secondary N) is 1. The van der Waals surface area contributed by atoms with Gasteiger partial charge in [0.15, 0.2) is 0 Å². The Morgan fingerprint density at radius 3 is 2.33 bits per heavy atom. The predicted molar refractivity (Wildman–Crippen MR) is 77.8 cm³/mol. The van der Waals surface area contributed by atoms with Gasteiger partial charge in [-0.15, -0.1) is 0 Å². The van der Waals surface area contributed by atoms with Gasteiger partial charge in [-0.1, -0.05) is 29.5 Å². The number of amidine groups is 1. The van der Waals surface area contributed by atoms with Crippen LogP contribution in [0.3, 0.4) is 0 Å². The minimum atomic E-state index is -4.52. The molecule has 0 bridgehead atoms. The van der Waals surface area contributed by atoms with Crippen LogP contribution in [0.25, 0.3) is 0 Å². The monoisotopic (exact) mass is 310 g/mol. The Hall–Kier alpha value is -1.95. The molecule has 0 radical (unpaired) electrons. The molecule has 2 aromatic rings. The van der Waals surface area contributed by atoms with Gasteiger partial charge < -0.3 is 5.73 Å². The molecule has 0 fully saturated rings. The van der Waals surface area contributed by atoms with Gasteiger partial charge in [0, 0.05) is 15.4 Å². The zero-order valence-corrected chi connectivity index (χ0v) is 12.0. The molecule has 3 N–H and O–H groups in total. The third kappa shape index (κ3) is 3.78. The number of alkyl halides is 3. The molecule has 110 valence electrons. The second-order valence-corrected chi connectivity index (χ2v) is 5.68. The van der Waals surface area contributed by atoms with Crippen LogP contribution in [0.15, 0.2) is 52.3 Å². The Labute approximate surface area is 124 Å². The molecule has 0 saturated heterocycles. The van der Waals surface area contributed by atoms with Crippen molar-refractivity contribution in [2.75, 3.05) is 0 Å². The van der Waals surface area contributed by atoms with Gasteiger partial charge in [0.2, 0.25) is 0 Å². The van der Waals surface area contributed by atoms with Crippen LogP contribution < -0.4 is 5.73 Å². The van der Waals surface area contributed by atoms with Crippen LogP contribution in [0, 0.1) is 12.3 Å². The van der Waals surface area contributed by atoms with Crippen molar-refractivity contribution in [3.8, 4) is 0 Å². The Balaban J connectivity index is 2.39. The van der Waals surface area contributed by atoms with Gasteiger partial charge in [-0.3, -0.25) is 5.41 Å². The summed E-state index contributed by atoms with van der Waals surface area (Å²) in [6, 6.07) is 11.3. The maximum atomic E-state index is 12.9. The lowest BCUT2D eigenvalue weighted by molar-refractivity contribution is -0.137. The highest BCUT2D eigenvalue weighted by Gasteiger charge is 2.34. The van der Waals surface area contributed by atoms with Gasteiger partial charge in [0.05, 0.1) is 5.56 Å². The third-order valence-corrected chi connectivity index (χ3v) is 3.79. The van der Waals surface area contributed by atoms with Gasteiger partial charge in [-0.05, 0) is 37.3 Å². The molecule has 0 aromatic heterocycles. The molecule has 2 aromatic carbocycles. The summed E-state index contributed by atoms with van der Waals surface area (Å²) in [4.78, 5) is 1.53. The minimum Gasteiger partial charge on any atom is -0.384 e. The first-order valence-electron chi connectivity index (χ1n) is 6.07. The van der Waals surface area contributed by atoms with E-state index in [2.05, 4.69) is 0 Å². The van der Waals surface area contributed by atoms with E-state index in [9.17, 15) is 13.2 Å². The molecule has 0 amide bonds. The normalized spacial score (nSPS) is 11.4. The number of aryl methyl sites for hydroxylation is 1. The number of hydrogen-bond donors (Lipinski definition) is 2. The van der Waals surface area contributed by atoms with Crippen molar-refractivity contribution in [3.05, 3.63) is 59.2 Å². The molecule has 2 rings (SSSR count). The Morgan fingerprint density at radius 1 is 1.10 bits per heavy atom. The molecule has 0 saturated carbocycles. The maximum Gasteiger partial charge on any atom is 0.417 e. The smallest absolute Gasteiger partial charge is 0.384 e. The van der Waals surface area contributed by atoms with E-state index in [1.807, 2.05) is 31.2 Å². The first-order valence-corrected chi connectivity index (χ1v) is 6.89. The fraction of sp³-hybridized carbons (Fsp3) is 0.133. The fourth-order valence-electron chi connectivity index (χ4n) is 1.87. The highest BCUT2D eigenvalue weighted by atomic mass is 32.2. The largest absolute Gasteiger partial charge is 0.417 e. The molecule has 0 unspecified atom stereocenters. The number of nitrogens with two attached hydrogens (primary N) is 1. The van der Waals surface area contributed by atoms with Crippen molar-refractivity contribution < 1.29 is 13.2 Å². The van der Waals surface area contributed by atoms with E-state index < -0.39 is 17.6 Å². The van der Waals surface area contributed by atoms with Crippen LogP contribution in [-0.2, 0) is 6.18 Å². The summed E-state index contributed by atoms with van der Waals surface area (Å²) in [5.41, 5.74) is 5.16. The van der Waals surface area contributed by atoms with Crippen LogP contribution in [-0.4, -0.2) is 5.84 Å². The maximum absolute atomic E-state index is 12.9. The van der Waals surface area contributed by atoms with Gasteiger partial charge in [0.1, 0.15) is 5.84 Å². The zero-order chi connectivity index (χ0) is 15.6. The van der Waals surface area contributed by atoms with E-state index in [0.717, 1.165) is 16.5 Å². The third-order valence-electron chi connectivity index (χ3n) is 2.81. The van der Waals surface area contributed by atoms with Crippen LogP contribution in [0.4, 0.5) is 13.2 Å². The molecule has 6 heteroatoms. The Kier molecular flexibility index (Phi) is 4.27. The lowest BCUT2D eigenvalue weighted by atomic mass is 10.1. The molecule has 2 nitrogen and oxygen atoms in total. The van der Waals surface area contributed by atoms with Crippen molar-refractivity contribution in [1.82, 2.24) is 0 Å². The Morgan fingerprint density at radius 2 is 1.76 bits per heavy atom. The Bertz CT molecular complexity index is 681. The van der Waals surface area contributed by atoms with Crippen LogP contribution in [0.1, 0.15) is 16.7 Å². The lowest BCUT2D eigenvalue weighted by Gasteiger charge is -2.13. The van der Waals surface area contributed by atoms with E-state index in [4.69, 9.17) is 11.1 Å². The first kappa shape index (κ1) is 15.4. The minimum absolute atomic E-state index is 0.292. The van der Waals surface area contributed by atoms with Gasteiger partial charge in [-0.25, -0.2) is 0 Å². The average molecular weight is 310 g/mol. The van der Waals surface area contributed by atoms with E-state index in [1.165, 1.54) is 23.9 Å². The van der Waals surface area contributed by atoms with Gasteiger partial charge >= 0.3 is 6.18 Å². The SMILES string of the molecule is Cc1cccc(Sc2ccc(C(F)(F)F)c(C(=N)N)c2)c1. The number of rotatable bonds is 3. The van der Waals surface area contributed by atoms with E-state index >= 15 is 0 Å². The summed E-state index contributed by atoms with van der Waals surface area (Å²) in [6.45, 7) is 1.94. The van der Waals surface area contributed by atoms with Gasteiger partial charge in [0.25, 0.3) is 0 Å². The molecule has 0 aliphatic rings. The second kappa shape index (κ2) is 5.81. The van der Waals surface area contributed by atoms with Crippen molar-refractivity contribution in [3.63, 3.8) is 0 Å². The second-order valence-electron chi connectivity index (χ2n) is 4.54. The van der Waals surface area contributed by atoms with Crippen molar-refractivity contribution in [1.29, 1.82) is 5.41 Å². The van der Waals surface area contributed by atoms with Crippen LogP contribution >= 0.6 is 11.8 Å². The fourth-order valence-corrected chi connectivity index (χ4v) is 2.85. The highest BCUT2D eigenvalue weighted by Crippen LogP contribution is 2.35. The summed E-state index contributed by atoms with van der Waals surface area (Å²) < 4.78 is 38.6.